The Hall–Kier alpha value is -0.870. The van der Waals surface area contributed by atoms with E-state index in [9.17, 15) is 4.79 Å². The summed E-state index contributed by atoms with van der Waals surface area (Å²) < 4.78 is 4.66. The number of carbonyl (C=O) groups is 1. The van der Waals surface area contributed by atoms with E-state index in [1.54, 1.807) is 7.05 Å². The van der Waals surface area contributed by atoms with Crippen LogP contribution in [0, 0.1) is 0 Å². The maximum Gasteiger partial charge on any atom is 0.325 e. The molecule has 2 N–H and O–H groups in total. The van der Waals surface area contributed by atoms with E-state index < -0.39 is 12.0 Å². The molecule has 0 radical (unpaired) electrons. The second-order valence-corrected chi connectivity index (χ2v) is 1.94. The number of rotatable bonds is 5. The minimum atomic E-state index is -0.630. The summed E-state index contributed by atoms with van der Waals surface area (Å²) in [6, 6.07) is -0.630. The van der Waals surface area contributed by atoms with Crippen LogP contribution >= 0.6 is 0 Å². The zero-order valence-electron chi connectivity index (χ0n) is 6.54. The number of aliphatic hydroxyl groups excluding tert-OH is 1. The van der Waals surface area contributed by atoms with Crippen LogP contribution in [0.3, 0.4) is 0 Å². The fraction of sp³-hybridized carbons (Fsp3) is 0.571. The normalized spacial score (nSPS) is 12.2. The van der Waals surface area contributed by atoms with Gasteiger partial charge in [-0.15, -0.1) is 0 Å². The van der Waals surface area contributed by atoms with Gasteiger partial charge in [0.05, 0.1) is 6.61 Å². The minimum Gasteiger partial charge on any atom is -0.460 e. The molecule has 0 rings (SSSR count). The Morgan fingerprint density at radius 2 is 2.55 bits per heavy atom. The van der Waals surface area contributed by atoms with Crippen LogP contribution in [0.1, 0.15) is 0 Å². The van der Waals surface area contributed by atoms with Crippen molar-refractivity contribution in [3.63, 3.8) is 0 Å². The lowest BCUT2D eigenvalue weighted by Crippen LogP contribution is -2.38. The predicted octanol–water partition coefficient (Wildman–Crippen LogP) is -0.704. The van der Waals surface area contributed by atoms with E-state index in [0.29, 0.717) is 0 Å². The molecular weight excluding hydrogens is 146 g/mol. The monoisotopic (exact) mass is 159 g/mol. The van der Waals surface area contributed by atoms with Crippen LogP contribution in [0.2, 0.25) is 0 Å². The van der Waals surface area contributed by atoms with Crippen LogP contribution in [0.25, 0.3) is 0 Å². The Kier molecular flexibility index (Phi) is 5.42. The molecule has 64 valence electrons. The molecule has 0 unspecified atom stereocenters. The number of ether oxygens (including phenoxy) is 1. The highest BCUT2D eigenvalue weighted by molar-refractivity contribution is 5.75. The summed E-state index contributed by atoms with van der Waals surface area (Å²) >= 11 is 0. The lowest BCUT2D eigenvalue weighted by atomic mass is 10.3. The van der Waals surface area contributed by atoms with E-state index in [-0.39, 0.29) is 13.2 Å². The highest BCUT2D eigenvalue weighted by Gasteiger charge is 2.15. The van der Waals surface area contributed by atoms with Gasteiger partial charge in [-0.2, -0.15) is 0 Å². The zero-order valence-corrected chi connectivity index (χ0v) is 6.54. The molecule has 0 aromatic rings. The minimum absolute atomic E-state index is 0.178. The van der Waals surface area contributed by atoms with E-state index in [1.165, 1.54) is 6.08 Å². The molecule has 0 saturated carbocycles. The predicted molar refractivity (Wildman–Crippen MR) is 41.1 cm³/mol. The molecule has 0 aliphatic rings. The van der Waals surface area contributed by atoms with Gasteiger partial charge in [0.25, 0.3) is 0 Å². The maximum atomic E-state index is 10.9. The molecule has 11 heavy (non-hydrogen) atoms. The van der Waals surface area contributed by atoms with Crippen molar-refractivity contribution in [2.24, 2.45) is 0 Å². The quantitative estimate of drug-likeness (QED) is 0.411. The Morgan fingerprint density at radius 1 is 1.91 bits per heavy atom. The van der Waals surface area contributed by atoms with Crippen molar-refractivity contribution >= 4 is 5.97 Å². The SMILES string of the molecule is C=CCOC(=O)[C@H](CO)NC. The fourth-order valence-electron chi connectivity index (χ4n) is 0.525. The molecule has 0 aliphatic heterocycles. The third kappa shape index (κ3) is 3.75. The summed E-state index contributed by atoms with van der Waals surface area (Å²) in [5, 5.41) is 11.2. The van der Waals surface area contributed by atoms with E-state index in [4.69, 9.17) is 5.11 Å². The van der Waals surface area contributed by atoms with Crippen molar-refractivity contribution < 1.29 is 14.6 Å². The molecule has 0 aromatic heterocycles. The van der Waals surface area contributed by atoms with Crippen LogP contribution in [-0.2, 0) is 9.53 Å². The van der Waals surface area contributed by atoms with E-state index in [1.807, 2.05) is 0 Å². The number of hydrogen-bond donors (Lipinski definition) is 2. The highest BCUT2D eigenvalue weighted by Crippen LogP contribution is 1.86. The molecule has 0 bridgehead atoms. The molecule has 0 amide bonds. The van der Waals surface area contributed by atoms with Crippen molar-refractivity contribution in [3.05, 3.63) is 12.7 Å². The molecule has 0 spiro atoms. The number of likely N-dealkylation sites (N-methyl/N-ethyl adjacent to an activating group) is 1. The van der Waals surface area contributed by atoms with Gasteiger partial charge in [-0.3, -0.25) is 4.79 Å². The number of hydrogen-bond acceptors (Lipinski definition) is 4. The Morgan fingerprint density at radius 3 is 2.91 bits per heavy atom. The van der Waals surface area contributed by atoms with Gasteiger partial charge in [0.1, 0.15) is 12.6 Å². The molecule has 0 heterocycles. The summed E-state index contributed by atoms with van der Waals surface area (Å²) in [4.78, 5) is 10.9. The topological polar surface area (TPSA) is 58.6 Å². The maximum absolute atomic E-state index is 10.9. The van der Waals surface area contributed by atoms with Crippen LogP contribution in [0.5, 0.6) is 0 Å². The summed E-state index contributed by atoms with van der Waals surface area (Å²) in [7, 11) is 1.58. The average molecular weight is 159 g/mol. The van der Waals surface area contributed by atoms with E-state index in [2.05, 4.69) is 16.6 Å². The number of aliphatic hydroxyl groups is 1. The van der Waals surface area contributed by atoms with Crippen molar-refractivity contribution in [3.8, 4) is 0 Å². The Balaban J connectivity index is 3.69. The van der Waals surface area contributed by atoms with Gasteiger partial charge in [0, 0.05) is 0 Å². The van der Waals surface area contributed by atoms with Crippen molar-refractivity contribution in [1.82, 2.24) is 5.32 Å². The molecule has 0 fully saturated rings. The number of nitrogens with one attached hydrogen (secondary N) is 1. The molecule has 4 heteroatoms. The zero-order chi connectivity index (χ0) is 8.69. The first-order valence-corrected chi connectivity index (χ1v) is 3.32. The smallest absolute Gasteiger partial charge is 0.325 e. The van der Waals surface area contributed by atoms with Crippen LogP contribution in [-0.4, -0.2) is 37.4 Å². The van der Waals surface area contributed by atoms with Gasteiger partial charge >= 0.3 is 5.97 Å². The molecule has 0 aliphatic carbocycles. The van der Waals surface area contributed by atoms with Gasteiger partial charge in [0.2, 0.25) is 0 Å². The van der Waals surface area contributed by atoms with Crippen LogP contribution in [0.15, 0.2) is 12.7 Å². The second-order valence-electron chi connectivity index (χ2n) is 1.94. The van der Waals surface area contributed by atoms with Gasteiger partial charge in [-0.1, -0.05) is 12.7 Å². The molecule has 4 nitrogen and oxygen atoms in total. The first-order chi connectivity index (χ1) is 5.26. The van der Waals surface area contributed by atoms with Gasteiger partial charge in [-0.05, 0) is 7.05 Å². The van der Waals surface area contributed by atoms with Crippen LogP contribution in [0.4, 0.5) is 0 Å². The third-order valence-corrected chi connectivity index (χ3v) is 1.16. The third-order valence-electron chi connectivity index (χ3n) is 1.16. The van der Waals surface area contributed by atoms with Gasteiger partial charge in [-0.25, -0.2) is 0 Å². The largest absolute Gasteiger partial charge is 0.460 e. The highest BCUT2D eigenvalue weighted by atomic mass is 16.5. The number of esters is 1. The van der Waals surface area contributed by atoms with Crippen molar-refractivity contribution in [2.75, 3.05) is 20.3 Å². The summed E-state index contributed by atoms with van der Waals surface area (Å²) in [5.74, 6) is -0.463. The number of carbonyl (C=O) groups excluding carboxylic acids is 1. The van der Waals surface area contributed by atoms with Crippen molar-refractivity contribution in [2.45, 2.75) is 6.04 Å². The lowest BCUT2D eigenvalue weighted by molar-refractivity contribution is -0.145. The van der Waals surface area contributed by atoms with Gasteiger partial charge < -0.3 is 15.2 Å². The summed E-state index contributed by atoms with van der Waals surface area (Å²) in [6.45, 7) is 3.30. The standard InChI is InChI=1S/C7H13NO3/c1-3-4-11-7(10)6(5-9)8-2/h3,6,8-9H,1,4-5H2,2H3/t6-/m0/s1. The van der Waals surface area contributed by atoms with E-state index in [0.717, 1.165) is 0 Å². The fourth-order valence-corrected chi connectivity index (χ4v) is 0.525. The molecular formula is C7H13NO3. The van der Waals surface area contributed by atoms with Crippen LogP contribution < -0.4 is 5.32 Å². The molecule has 1 atom stereocenters. The average Bonchev–Trinajstić information content (AvgIpc) is 2.03. The molecule has 0 aromatic carbocycles. The van der Waals surface area contributed by atoms with E-state index >= 15 is 0 Å². The van der Waals surface area contributed by atoms with Gasteiger partial charge in [0.15, 0.2) is 0 Å². The second kappa shape index (κ2) is 5.88. The Labute approximate surface area is 65.9 Å². The summed E-state index contributed by atoms with van der Waals surface area (Å²) in [6.07, 6.45) is 1.47. The lowest BCUT2D eigenvalue weighted by Gasteiger charge is -2.10. The van der Waals surface area contributed by atoms with Crippen molar-refractivity contribution in [1.29, 1.82) is 0 Å². The summed E-state index contributed by atoms with van der Waals surface area (Å²) in [5.41, 5.74) is 0. The first kappa shape index (κ1) is 10.1. The first-order valence-electron chi connectivity index (χ1n) is 3.32. The molecule has 0 saturated heterocycles. The Bertz CT molecular complexity index is 132.